The summed E-state index contributed by atoms with van der Waals surface area (Å²) in [5, 5.41) is 66.7. The van der Waals surface area contributed by atoms with Gasteiger partial charge in [-0.3, -0.25) is 67.1 Å². The first kappa shape index (κ1) is 96.2. The Morgan fingerprint density at radius 1 is 0.387 bits per heavy atom. The summed E-state index contributed by atoms with van der Waals surface area (Å²) in [5.74, 6) is -14.9. The monoisotopic (exact) mass is 1540 g/mol. The number of hydrogen-bond acceptors (Lipinski definition) is 19. The SMILES string of the molecule is CC(C)C[C@H](NC(=O)[C@H](CC(C)C)NC(=O)[C@H](CCCCN)NC(=O)[C@H](CCCC(=O)O)NC(=O)[C@@H](CC(C)C)NC(=O)[C@@H](CC(C)C)NC(=O)CCC(=O)O)C(=O)N[C@@H](CCC(=O)O)C(=O)N[C@@H](CSSc1cc(C(C)(C)C)c(O)c(C(C)(C)C)c1)C(=O)N[C@H](C(=O)N[C@@H](CCCCN)C(N)=O)C(C)C. The quantitative estimate of drug-likeness (QED) is 0.0322. The molecule has 0 radical (unpaired) electrons. The molecule has 0 saturated carbocycles. The Bertz CT molecular complexity index is 3070. The van der Waals surface area contributed by atoms with Crippen molar-refractivity contribution in [3.8, 4) is 5.75 Å². The molecule has 0 aromatic heterocycles. The lowest BCUT2D eigenvalue weighted by Gasteiger charge is -2.29. The number of nitrogens with two attached hydrogens (primary N) is 3. The molecule has 0 unspecified atom stereocenters. The van der Waals surface area contributed by atoms with Crippen molar-refractivity contribution in [3.63, 3.8) is 0 Å². The fraction of sp³-hybridized carbons (Fsp3) is 0.726. The van der Waals surface area contributed by atoms with Gasteiger partial charge in [-0.25, -0.2) is 0 Å². The molecule has 0 spiro atoms. The number of carboxylic acid groups (broad SMARTS) is 3. The Morgan fingerprint density at radius 3 is 1.06 bits per heavy atom. The van der Waals surface area contributed by atoms with E-state index in [9.17, 15) is 82.4 Å². The molecule has 0 aliphatic heterocycles. The molecular formula is C73H125N13O18S2. The predicted molar refractivity (Wildman–Crippen MR) is 406 cm³/mol. The van der Waals surface area contributed by atoms with Gasteiger partial charge in [-0.05, 0) is 149 Å². The molecule has 31 nitrogen and oxygen atoms in total. The summed E-state index contributed by atoms with van der Waals surface area (Å²) < 4.78 is 0. The maximum Gasteiger partial charge on any atom is 0.303 e. The first-order valence-corrected chi connectivity index (χ1v) is 39.1. The number of aliphatic carboxylic acids is 3. The smallest absolute Gasteiger partial charge is 0.303 e. The van der Waals surface area contributed by atoms with E-state index in [2.05, 4.69) is 53.2 Å². The molecule has 10 atom stereocenters. The molecule has 0 heterocycles. The van der Waals surface area contributed by atoms with Gasteiger partial charge in [0.1, 0.15) is 66.2 Å². The van der Waals surface area contributed by atoms with Crippen LogP contribution in [0.3, 0.4) is 0 Å². The van der Waals surface area contributed by atoms with Gasteiger partial charge in [0.05, 0.1) is 6.42 Å². The van der Waals surface area contributed by atoms with E-state index in [1.54, 1.807) is 69.2 Å². The van der Waals surface area contributed by atoms with E-state index < -0.39 is 192 Å². The number of phenolic OH excluding ortho intramolecular Hbond substituents is 1. The van der Waals surface area contributed by atoms with Gasteiger partial charge in [-0.15, -0.1) is 0 Å². The number of aromatic hydroxyl groups is 1. The van der Waals surface area contributed by atoms with Crippen molar-refractivity contribution >= 4 is 104 Å². The van der Waals surface area contributed by atoms with Crippen molar-refractivity contribution in [2.45, 2.75) is 296 Å². The van der Waals surface area contributed by atoms with Crippen molar-refractivity contribution in [2.75, 3.05) is 18.8 Å². The fourth-order valence-corrected chi connectivity index (χ4v) is 13.4. The van der Waals surface area contributed by atoms with E-state index in [1.165, 1.54) is 10.8 Å². The molecule has 0 fully saturated rings. The summed E-state index contributed by atoms with van der Waals surface area (Å²) in [6.45, 7) is 29.6. The molecule has 0 aliphatic rings. The molecule has 1 aromatic rings. The zero-order valence-electron chi connectivity index (χ0n) is 65.0. The summed E-state index contributed by atoms with van der Waals surface area (Å²) >= 11 is 0. The highest BCUT2D eigenvalue weighted by molar-refractivity contribution is 8.76. The van der Waals surface area contributed by atoms with Crippen LogP contribution in [0.15, 0.2) is 17.0 Å². The van der Waals surface area contributed by atoms with Crippen molar-refractivity contribution in [1.82, 2.24) is 53.2 Å². The van der Waals surface area contributed by atoms with Crippen LogP contribution in [0.4, 0.5) is 0 Å². The van der Waals surface area contributed by atoms with Crippen molar-refractivity contribution in [1.29, 1.82) is 0 Å². The maximum atomic E-state index is 14.8. The van der Waals surface area contributed by atoms with Crippen molar-refractivity contribution < 1.29 is 87.5 Å². The van der Waals surface area contributed by atoms with Gasteiger partial charge in [0.25, 0.3) is 0 Å². The van der Waals surface area contributed by atoms with Gasteiger partial charge >= 0.3 is 17.9 Å². The minimum absolute atomic E-state index is 0.0249. The minimum atomic E-state index is -1.68. The van der Waals surface area contributed by atoms with Crippen LogP contribution in [-0.2, 0) is 78.0 Å². The van der Waals surface area contributed by atoms with Gasteiger partial charge in [0.2, 0.25) is 65.0 Å². The molecule has 1 rings (SSSR count). The standard InChI is InChI=1S/C73H125N13O18S2/c1-39(2)32-51(77-56(87)27-29-59(92)93)66(99)83-52(33-40(3)4)67(100)80-49(24-21-25-57(88)89)63(96)79-48(23-18-20-31-75)64(97)82-54(35-42(7)8)69(102)84-53(34-41(5)6)68(101)81-50(26-28-58(90)91)65(98)85-55(38-105-106-44-36-45(72(11,12)13)61(94)46(37-44)73(14,15)16)70(103)86-60(43(9)10)71(104)78-47(62(76)95)22-17-19-30-74/h36-37,39-43,47-55,60,94H,17-35,38,74-75H2,1-16H3,(H2,76,95)(H,77,87)(H,78,104)(H,79,96)(H,80,100)(H,81,101)(H,82,97)(H,83,99)(H,84,102)(H,85,98)(H,86,103)(H,88,89)(H,90,91)(H,92,93)/t47-,48-,49-,50-,51+,52+,53-,54-,55-,60-/m0/s1. The Hall–Kier alpha value is -7.78. The number of unbranched alkanes of at least 4 members (excludes halogenated alkanes) is 2. The number of nitrogens with one attached hydrogen (secondary N) is 10. The number of carboxylic acids is 3. The van der Waals surface area contributed by atoms with Crippen LogP contribution in [0.1, 0.15) is 231 Å². The first-order valence-electron chi connectivity index (χ1n) is 36.8. The number of primary amides is 1. The summed E-state index contributed by atoms with van der Waals surface area (Å²) in [5.41, 5.74) is 17.5. The van der Waals surface area contributed by atoms with Crippen LogP contribution in [0, 0.1) is 29.6 Å². The molecule has 20 N–H and O–H groups in total. The molecule has 106 heavy (non-hydrogen) atoms. The van der Waals surface area contributed by atoms with Gasteiger partial charge in [0.15, 0.2) is 0 Å². The zero-order valence-corrected chi connectivity index (χ0v) is 66.6. The van der Waals surface area contributed by atoms with Crippen LogP contribution in [0.5, 0.6) is 5.75 Å². The lowest BCUT2D eigenvalue weighted by molar-refractivity contribution is -0.139. The number of amides is 11. The predicted octanol–water partition coefficient (Wildman–Crippen LogP) is 4.14. The van der Waals surface area contributed by atoms with Crippen molar-refractivity contribution in [3.05, 3.63) is 23.3 Å². The van der Waals surface area contributed by atoms with E-state index in [4.69, 9.17) is 22.3 Å². The number of carbonyl (C=O) groups excluding carboxylic acids is 11. The van der Waals surface area contributed by atoms with Gasteiger partial charge in [-0.1, -0.05) is 132 Å². The Labute approximate surface area is 632 Å². The van der Waals surface area contributed by atoms with E-state index in [-0.39, 0.29) is 99.5 Å². The maximum absolute atomic E-state index is 14.8. The van der Waals surface area contributed by atoms with E-state index in [0.717, 1.165) is 10.8 Å². The molecular weight excluding hydrogens is 1410 g/mol. The molecule has 0 bridgehead atoms. The summed E-state index contributed by atoms with van der Waals surface area (Å²) in [6.07, 6.45) is -1.17. The van der Waals surface area contributed by atoms with Crippen LogP contribution in [0.2, 0.25) is 0 Å². The molecule has 1 aromatic carbocycles. The lowest BCUT2D eigenvalue weighted by Crippen LogP contribution is -2.61. The minimum Gasteiger partial charge on any atom is -0.507 e. The topological polar surface area (TPSA) is 518 Å². The first-order chi connectivity index (χ1) is 49.2. The molecule has 0 saturated heterocycles. The second kappa shape index (κ2) is 47.8. The Balaban J connectivity index is 3.90. The van der Waals surface area contributed by atoms with E-state index in [0.29, 0.717) is 41.8 Å². The average Bonchev–Trinajstić information content (AvgIpc) is 0.783. The Morgan fingerprint density at radius 2 is 0.708 bits per heavy atom. The fourth-order valence-electron chi connectivity index (χ4n) is 11.2. The number of hydrogen-bond donors (Lipinski definition) is 17. The molecule has 11 amide bonds. The summed E-state index contributed by atoms with van der Waals surface area (Å²) in [7, 11) is 2.37. The number of benzene rings is 1. The van der Waals surface area contributed by atoms with Crippen LogP contribution < -0.4 is 70.4 Å². The van der Waals surface area contributed by atoms with Gasteiger partial charge in [0, 0.05) is 41.0 Å². The highest BCUT2D eigenvalue weighted by atomic mass is 33.1. The molecule has 0 aliphatic carbocycles. The third-order valence-corrected chi connectivity index (χ3v) is 19.3. The summed E-state index contributed by atoms with van der Waals surface area (Å²) in [4.78, 5) is 191. The largest absolute Gasteiger partial charge is 0.507 e. The van der Waals surface area contributed by atoms with Crippen LogP contribution in [-0.4, -0.2) is 183 Å². The third kappa shape index (κ3) is 37.7. The Kier molecular flexibility index (Phi) is 43.4. The lowest BCUT2D eigenvalue weighted by atomic mass is 9.79. The van der Waals surface area contributed by atoms with E-state index in [1.807, 2.05) is 53.7 Å². The van der Waals surface area contributed by atoms with Crippen LogP contribution >= 0.6 is 21.6 Å². The third-order valence-electron chi connectivity index (χ3n) is 16.9. The summed E-state index contributed by atoms with van der Waals surface area (Å²) in [6, 6.07) is -10.2. The number of phenols is 1. The van der Waals surface area contributed by atoms with Crippen LogP contribution in [0.25, 0.3) is 0 Å². The highest BCUT2D eigenvalue weighted by Crippen LogP contribution is 2.44. The number of carbonyl (C=O) groups is 14. The second-order valence-electron chi connectivity index (χ2n) is 31.2. The van der Waals surface area contributed by atoms with E-state index >= 15 is 0 Å². The second-order valence-corrected chi connectivity index (χ2v) is 33.6. The zero-order chi connectivity index (χ0) is 81.1. The normalized spacial score (nSPS) is 14.6. The van der Waals surface area contributed by atoms with Gasteiger partial charge < -0.3 is 90.8 Å². The number of rotatable bonds is 51. The average molecular weight is 1540 g/mol. The molecule has 602 valence electrons. The van der Waals surface area contributed by atoms with Gasteiger partial charge in [-0.2, -0.15) is 0 Å². The van der Waals surface area contributed by atoms with Crippen molar-refractivity contribution in [2.24, 2.45) is 46.8 Å². The highest BCUT2D eigenvalue weighted by Gasteiger charge is 2.38. The molecule has 33 heteroatoms.